The van der Waals surface area contributed by atoms with Gasteiger partial charge >= 0.3 is 0 Å². The number of fused-ring (bicyclic) bond motifs is 1. The molecule has 0 bridgehead atoms. The first kappa shape index (κ1) is 21.3. The highest BCUT2D eigenvalue weighted by Gasteiger charge is 2.33. The summed E-state index contributed by atoms with van der Waals surface area (Å²) in [4.78, 5) is 33.7. The molecule has 0 radical (unpaired) electrons. The second kappa shape index (κ2) is 8.16. The number of carbonyl (C=O) groups excluding carboxylic acids is 1. The van der Waals surface area contributed by atoms with E-state index in [0.717, 1.165) is 10.4 Å². The van der Waals surface area contributed by atoms with E-state index in [1.807, 2.05) is 27.7 Å². The first-order valence-electron chi connectivity index (χ1n) is 9.31. The molecule has 1 saturated heterocycles. The summed E-state index contributed by atoms with van der Waals surface area (Å²) in [6, 6.07) is -0.255. The number of aromatic nitrogens is 2. The Hall–Kier alpha value is -1.39. The molecule has 28 heavy (non-hydrogen) atoms. The lowest BCUT2D eigenvalue weighted by Gasteiger charge is -2.26. The topological polar surface area (TPSA) is 89.3 Å². The molecule has 10 heteroatoms. The lowest BCUT2D eigenvalue weighted by atomic mass is 10.2. The van der Waals surface area contributed by atoms with Crippen molar-refractivity contribution in [3.8, 4) is 0 Å². The molecular formula is C18H25N3O4S3. The van der Waals surface area contributed by atoms with Crippen LogP contribution in [0.25, 0.3) is 10.2 Å². The summed E-state index contributed by atoms with van der Waals surface area (Å²) in [5, 5.41) is 1.19. The van der Waals surface area contributed by atoms with Crippen LogP contribution in [0.15, 0.2) is 9.95 Å². The molecule has 0 aromatic carbocycles. The highest BCUT2D eigenvalue weighted by molar-refractivity contribution is 7.99. The van der Waals surface area contributed by atoms with Crippen molar-refractivity contribution < 1.29 is 13.2 Å². The highest BCUT2D eigenvalue weighted by Crippen LogP contribution is 2.28. The van der Waals surface area contributed by atoms with Gasteiger partial charge in [0.2, 0.25) is 5.91 Å². The van der Waals surface area contributed by atoms with Crippen molar-refractivity contribution in [1.29, 1.82) is 0 Å². The highest BCUT2D eigenvalue weighted by atomic mass is 32.2. The van der Waals surface area contributed by atoms with Crippen molar-refractivity contribution in [2.75, 3.05) is 23.8 Å². The van der Waals surface area contributed by atoms with Gasteiger partial charge < -0.3 is 4.90 Å². The molecule has 0 N–H and O–H groups in total. The number of hydrogen-bond donors (Lipinski definition) is 0. The average molecular weight is 444 g/mol. The summed E-state index contributed by atoms with van der Waals surface area (Å²) < 4.78 is 25.1. The number of nitrogens with zero attached hydrogens (tertiary/aromatic N) is 3. The first-order chi connectivity index (χ1) is 13.2. The van der Waals surface area contributed by atoms with Gasteiger partial charge in [-0.2, -0.15) is 0 Å². The van der Waals surface area contributed by atoms with Crippen LogP contribution < -0.4 is 5.56 Å². The molecule has 1 aliphatic heterocycles. The monoisotopic (exact) mass is 443 g/mol. The minimum Gasteiger partial charge on any atom is -0.338 e. The maximum absolute atomic E-state index is 12.9. The largest absolute Gasteiger partial charge is 0.338 e. The number of rotatable bonds is 6. The molecule has 1 aliphatic rings. The molecule has 1 unspecified atom stereocenters. The van der Waals surface area contributed by atoms with Crippen LogP contribution in [0.5, 0.6) is 0 Å². The van der Waals surface area contributed by atoms with Crippen molar-refractivity contribution in [3.63, 3.8) is 0 Å². The predicted molar refractivity (Wildman–Crippen MR) is 114 cm³/mol. The number of thioether (sulfide) groups is 1. The van der Waals surface area contributed by atoms with Gasteiger partial charge in [-0.25, -0.2) is 13.4 Å². The molecule has 0 spiro atoms. The fourth-order valence-corrected chi connectivity index (χ4v) is 7.32. The van der Waals surface area contributed by atoms with E-state index in [4.69, 9.17) is 0 Å². The third kappa shape index (κ3) is 3.99. The van der Waals surface area contributed by atoms with Gasteiger partial charge in [-0.05, 0) is 39.7 Å². The maximum Gasteiger partial charge on any atom is 0.263 e. The van der Waals surface area contributed by atoms with Crippen LogP contribution >= 0.6 is 23.1 Å². The Morgan fingerprint density at radius 2 is 2.07 bits per heavy atom. The zero-order valence-electron chi connectivity index (χ0n) is 16.5. The quantitative estimate of drug-likeness (QED) is 0.502. The summed E-state index contributed by atoms with van der Waals surface area (Å²) >= 11 is 2.74. The zero-order valence-corrected chi connectivity index (χ0v) is 19.0. The smallest absolute Gasteiger partial charge is 0.263 e. The van der Waals surface area contributed by atoms with E-state index in [0.29, 0.717) is 34.9 Å². The molecule has 3 heterocycles. The fraction of sp³-hybridized carbons (Fsp3) is 0.611. The van der Waals surface area contributed by atoms with Gasteiger partial charge in [0.25, 0.3) is 5.56 Å². The number of carbonyl (C=O) groups is 1. The molecule has 3 rings (SSSR count). The molecule has 0 saturated carbocycles. The van der Waals surface area contributed by atoms with Crippen molar-refractivity contribution >= 4 is 49.1 Å². The van der Waals surface area contributed by atoms with Crippen LogP contribution in [-0.2, 0) is 21.2 Å². The lowest BCUT2D eigenvalue weighted by Crippen LogP contribution is -2.42. The van der Waals surface area contributed by atoms with E-state index in [9.17, 15) is 18.0 Å². The third-order valence-electron chi connectivity index (χ3n) is 5.21. The standard InChI is InChI=1S/C18H25N3O4S3/c1-5-20(13-7-8-28(24,25)10-13)14(22)9-26-18-19-16-15(11(3)12(4)27-16)17(23)21(18)6-2/h13H,5-10H2,1-4H3. The van der Waals surface area contributed by atoms with Crippen LogP contribution in [0.4, 0.5) is 0 Å². The Bertz CT molecular complexity index is 1070. The molecule has 0 aliphatic carbocycles. The van der Waals surface area contributed by atoms with Gasteiger partial charge in [-0.15, -0.1) is 11.3 Å². The van der Waals surface area contributed by atoms with Crippen molar-refractivity contribution in [3.05, 3.63) is 20.8 Å². The zero-order chi connectivity index (χ0) is 20.6. The van der Waals surface area contributed by atoms with Crippen molar-refractivity contribution in [2.24, 2.45) is 0 Å². The van der Waals surface area contributed by atoms with Crippen molar-refractivity contribution in [1.82, 2.24) is 14.5 Å². The molecular weight excluding hydrogens is 418 g/mol. The number of sulfone groups is 1. The van der Waals surface area contributed by atoms with Crippen LogP contribution in [0.1, 0.15) is 30.7 Å². The van der Waals surface area contributed by atoms with Crippen LogP contribution in [-0.4, -0.2) is 58.6 Å². The van der Waals surface area contributed by atoms with Gasteiger partial charge in [0.15, 0.2) is 15.0 Å². The second-order valence-corrected chi connectivity index (χ2v) is 11.3. The summed E-state index contributed by atoms with van der Waals surface area (Å²) in [6.45, 7) is 8.60. The summed E-state index contributed by atoms with van der Waals surface area (Å²) in [5.41, 5.74) is 0.894. The van der Waals surface area contributed by atoms with E-state index in [1.54, 1.807) is 9.47 Å². The third-order valence-corrected chi connectivity index (χ3v) is 9.02. The molecule has 1 atom stereocenters. The van der Waals surface area contributed by atoms with Gasteiger partial charge in [-0.1, -0.05) is 11.8 Å². The molecule has 1 fully saturated rings. The van der Waals surface area contributed by atoms with Gasteiger partial charge in [0.05, 0.1) is 22.6 Å². The summed E-state index contributed by atoms with van der Waals surface area (Å²) in [7, 11) is -3.05. The minimum atomic E-state index is -3.05. The molecule has 2 aromatic heterocycles. The van der Waals surface area contributed by atoms with Crippen molar-refractivity contribution in [2.45, 2.75) is 51.9 Å². The SMILES string of the molecule is CCN(C(=O)CSc1nc2sc(C)c(C)c2c(=O)n1CC)C1CCS(=O)(=O)C1. The Kier molecular flexibility index (Phi) is 6.21. The Labute approximate surface area is 173 Å². The number of hydrogen-bond acceptors (Lipinski definition) is 7. The fourth-order valence-electron chi connectivity index (χ4n) is 3.57. The minimum absolute atomic E-state index is 0.0366. The van der Waals surface area contributed by atoms with Crippen LogP contribution in [0, 0.1) is 13.8 Å². The average Bonchev–Trinajstić information content (AvgIpc) is 3.13. The van der Waals surface area contributed by atoms with E-state index in [-0.39, 0.29) is 34.8 Å². The number of aryl methyl sites for hydroxylation is 2. The lowest BCUT2D eigenvalue weighted by molar-refractivity contribution is -0.129. The predicted octanol–water partition coefficient (Wildman–Crippen LogP) is 2.22. The Morgan fingerprint density at radius 1 is 1.36 bits per heavy atom. The summed E-state index contributed by atoms with van der Waals surface area (Å²) in [6.07, 6.45) is 0.490. The first-order valence-corrected chi connectivity index (χ1v) is 12.9. The summed E-state index contributed by atoms with van der Waals surface area (Å²) in [5.74, 6) is 0.185. The second-order valence-electron chi connectivity index (χ2n) is 6.93. The van der Waals surface area contributed by atoms with Gasteiger partial charge in [-0.3, -0.25) is 14.2 Å². The van der Waals surface area contributed by atoms with E-state index in [2.05, 4.69) is 4.98 Å². The molecule has 2 aromatic rings. The Balaban J connectivity index is 1.82. The van der Waals surface area contributed by atoms with Gasteiger partial charge in [0, 0.05) is 24.0 Å². The van der Waals surface area contributed by atoms with E-state index in [1.165, 1.54) is 23.1 Å². The number of amides is 1. The number of thiophene rings is 1. The van der Waals surface area contributed by atoms with E-state index >= 15 is 0 Å². The molecule has 1 amide bonds. The maximum atomic E-state index is 12.9. The van der Waals surface area contributed by atoms with E-state index < -0.39 is 9.84 Å². The molecule has 154 valence electrons. The Morgan fingerprint density at radius 3 is 2.64 bits per heavy atom. The van der Waals surface area contributed by atoms with Gasteiger partial charge in [0.1, 0.15) is 4.83 Å². The molecule has 7 nitrogen and oxygen atoms in total. The normalized spacial score (nSPS) is 18.6. The van der Waals surface area contributed by atoms with Crippen LogP contribution in [0.3, 0.4) is 0 Å². The van der Waals surface area contributed by atoms with Crippen LogP contribution in [0.2, 0.25) is 0 Å².